The van der Waals surface area contributed by atoms with Gasteiger partial charge in [0.1, 0.15) is 0 Å². The first-order valence-electron chi connectivity index (χ1n) is 5.55. The number of amides is 1. The molecule has 0 unspecified atom stereocenters. The number of fused-ring (bicyclic) bond motifs is 1. The van der Waals surface area contributed by atoms with Gasteiger partial charge >= 0.3 is 0 Å². The Morgan fingerprint density at radius 1 is 1.53 bits per heavy atom. The molecule has 0 spiro atoms. The van der Waals surface area contributed by atoms with E-state index in [9.17, 15) is 4.79 Å². The van der Waals surface area contributed by atoms with Crippen LogP contribution in [0.1, 0.15) is 12.5 Å². The predicted molar refractivity (Wildman–Crippen MR) is 67.6 cm³/mol. The molecule has 0 saturated heterocycles. The number of benzene rings is 1. The van der Waals surface area contributed by atoms with E-state index in [0.717, 1.165) is 16.6 Å². The number of carbonyl (C=O) groups is 1. The zero-order valence-electron chi connectivity index (χ0n) is 10.0. The summed E-state index contributed by atoms with van der Waals surface area (Å²) in [5.41, 5.74) is 8.94. The second kappa shape index (κ2) is 4.45. The quantitative estimate of drug-likeness (QED) is 0.831. The van der Waals surface area contributed by atoms with Crippen LogP contribution in [0.5, 0.6) is 0 Å². The Morgan fingerprint density at radius 3 is 3.00 bits per heavy atom. The molecule has 1 aromatic carbocycles. The number of imidazole rings is 1. The van der Waals surface area contributed by atoms with E-state index < -0.39 is 0 Å². The van der Waals surface area contributed by atoms with Crippen LogP contribution in [0, 0.1) is 6.92 Å². The molecule has 0 saturated carbocycles. The fourth-order valence-corrected chi connectivity index (χ4v) is 1.95. The van der Waals surface area contributed by atoms with Crippen LogP contribution in [0.4, 0.5) is 5.95 Å². The summed E-state index contributed by atoms with van der Waals surface area (Å²) in [6.07, 6.45) is 0. The van der Waals surface area contributed by atoms with Gasteiger partial charge in [-0.1, -0.05) is 12.1 Å². The van der Waals surface area contributed by atoms with Gasteiger partial charge in [0, 0.05) is 20.0 Å². The normalized spacial score (nSPS) is 10.7. The highest BCUT2D eigenvalue weighted by atomic mass is 16.1. The first kappa shape index (κ1) is 11.4. The first-order chi connectivity index (χ1) is 8.09. The highest BCUT2D eigenvalue weighted by Gasteiger charge is 2.09. The van der Waals surface area contributed by atoms with E-state index >= 15 is 0 Å². The van der Waals surface area contributed by atoms with E-state index in [2.05, 4.69) is 10.3 Å². The molecule has 0 radical (unpaired) electrons. The molecule has 2 rings (SSSR count). The van der Waals surface area contributed by atoms with Gasteiger partial charge in [-0.05, 0) is 18.6 Å². The summed E-state index contributed by atoms with van der Waals surface area (Å²) < 4.78 is 1.93. The molecule has 1 aromatic heterocycles. The number of anilines is 1. The number of nitrogens with zero attached hydrogens (tertiary/aromatic N) is 2. The van der Waals surface area contributed by atoms with Crippen LogP contribution in [0.15, 0.2) is 18.2 Å². The third kappa shape index (κ3) is 2.22. The predicted octanol–water partition coefficient (Wildman–Crippen LogP) is 1.06. The molecule has 0 bridgehead atoms. The van der Waals surface area contributed by atoms with Crippen LogP contribution < -0.4 is 11.1 Å². The molecule has 17 heavy (non-hydrogen) atoms. The molecule has 1 heterocycles. The fourth-order valence-electron chi connectivity index (χ4n) is 1.95. The molecule has 0 aliphatic rings. The van der Waals surface area contributed by atoms with Crippen molar-refractivity contribution < 1.29 is 4.79 Å². The van der Waals surface area contributed by atoms with Crippen LogP contribution >= 0.6 is 0 Å². The number of para-hydroxylation sites is 1. The van der Waals surface area contributed by atoms with Crippen molar-refractivity contribution in [3.05, 3.63) is 23.8 Å². The molecular weight excluding hydrogens is 216 g/mol. The number of hydrogen-bond acceptors (Lipinski definition) is 3. The van der Waals surface area contributed by atoms with Gasteiger partial charge in [0.25, 0.3) is 0 Å². The minimum Gasteiger partial charge on any atom is -0.369 e. The summed E-state index contributed by atoms with van der Waals surface area (Å²) in [5.74, 6) is 0.448. The number of nitrogen functional groups attached to an aromatic ring is 1. The maximum atomic E-state index is 10.8. The summed E-state index contributed by atoms with van der Waals surface area (Å²) in [5, 5.41) is 2.75. The maximum absolute atomic E-state index is 10.8. The highest BCUT2D eigenvalue weighted by Crippen LogP contribution is 2.20. The van der Waals surface area contributed by atoms with E-state index in [1.807, 2.05) is 29.7 Å². The summed E-state index contributed by atoms with van der Waals surface area (Å²) in [4.78, 5) is 15.1. The van der Waals surface area contributed by atoms with Crippen molar-refractivity contribution in [2.24, 2.45) is 0 Å². The lowest BCUT2D eigenvalue weighted by molar-refractivity contribution is -0.118. The Labute approximate surface area is 99.6 Å². The molecule has 2 aromatic rings. The average molecular weight is 232 g/mol. The van der Waals surface area contributed by atoms with Gasteiger partial charge in [0.2, 0.25) is 11.9 Å². The largest absolute Gasteiger partial charge is 0.369 e. The lowest BCUT2D eigenvalue weighted by Crippen LogP contribution is -2.24. The number of carbonyl (C=O) groups excluding carboxylic acids is 1. The monoisotopic (exact) mass is 232 g/mol. The number of aromatic nitrogens is 2. The van der Waals surface area contributed by atoms with Crippen LogP contribution in [-0.4, -0.2) is 22.0 Å². The molecule has 90 valence electrons. The lowest BCUT2D eigenvalue weighted by atomic mass is 10.2. The summed E-state index contributed by atoms with van der Waals surface area (Å²) in [7, 11) is 0. The summed E-state index contributed by atoms with van der Waals surface area (Å²) in [6.45, 7) is 4.71. The Morgan fingerprint density at radius 2 is 2.29 bits per heavy atom. The maximum Gasteiger partial charge on any atom is 0.216 e. The minimum absolute atomic E-state index is 0.0373. The molecule has 0 atom stereocenters. The molecule has 1 amide bonds. The van der Waals surface area contributed by atoms with Crippen LogP contribution in [-0.2, 0) is 11.3 Å². The molecule has 0 aliphatic carbocycles. The molecule has 5 heteroatoms. The third-order valence-electron chi connectivity index (χ3n) is 2.71. The number of aryl methyl sites for hydroxylation is 1. The standard InChI is InChI=1S/C12H16N4O/c1-8-4-3-5-10-11(8)16(12(13)15-10)7-6-14-9(2)17/h3-5H,6-7H2,1-2H3,(H2,13,15)(H,14,17). The van der Waals surface area contributed by atoms with Gasteiger partial charge in [0.15, 0.2) is 0 Å². The summed E-state index contributed by atoms with van der Waals surface area (Å²) >= 11 is 0. The Hall–Kier alpha value is -2.04. The fraction of sp³-hybridized carbons (Fsp3) is 0.333. The molecule has 5 nitrogen and oxygen atoms in total. The second-order valence-electron chi connectivity index (χ2n) is 4.05. The lowest BCUT2D eigenvalue weighted by Gasteiger charge is -2.08. The molecule has 3 N–H and O–H groups in total. The minimum atomic E-state index is -0.0373. The van der Waals surface area contributed by atoms with Gasteiger partial charge < -0.3 is 15.6 Å². The smallest absolute Gasteiger partial charge is 0.216 e. The van der Waals surface area contributed by atoms with Crippen molar-refractivity contribution >= 4 is 22.9 Å². The molecular formula is C12H16N4O. The zero-order chi connectivity index (χ0) is 12.4. The zero-order valence-corrected chi connectivity index (χ0v) is 10.0. The van der Waals surface area contributed by atoms with Crippen molar-refractivity contribution in [3.8, 4) is 0 Å². The van der Waals surface area contributed by atoms with Crippen molar-refractivity contribution in [1.29, 1.82) is 0 Å². The first-order valence-corrected chi connectivity index (χ1v) is 5.55. The van der Waals surface area contributed by atoms with Gasteiger partial charge in [-0.15, -0.1) is 0 Å². The SMILES string of the molecule is CC(=O)NCCn1c(N)nc2cccc(C)c21. The van der Waals surface area contributed by atoms with Crippen LogP contribution in [0.2, 0.25) is 0 Å². The van der Waals surface area contributed by atoms with Gasteiger partial charge in [-0.25, -0.2) is 4.98 Å². The van der Waals surface area contributed by atoms with Crippen LogP contribution in [0.3, 0.4) is 0 Å². The van der Waals surface area contributed by atoms with E-state index in [1.54, 1.807) is 0 Å². The van der Waals surface area contributed by atoms with Crippen molar-refractivity contribution in [2.75, 3.05) is 12.3 Å². The van der Waals surface area contributed by atoms with Crippen LogP contribution in [0.25, 0.3) is 11.0 Å². The van der Waals surface area contributed by atoms with Gasteiger partial charge in [-0.2, -0.15) is 0 Å². The number of hydrogen-bond donors (Lipinski definition) is 2. The number of rotatable bonds is 3. The number of nitrogens with one attached hydrogen (secondary N) is 1. The average Bonchev–Trinajstić information content (AvgIpc) is 2.56. The Kier molecular flexibility index (Phi) is 2.99. The highest BCUT2D eigenvalue weighted by molar-refractivity contribution is 5.81. The van der Waals surface area contributed by atoms with Gasteiger partial charge in [-0.3, -0.25) is 4.79 Å². The van der Waals surface area contributed by atoms with Crippen molar-refractivity contribution in [1.82, 2.24) is 14.9 Å². The van der Waals surface area contributed by atoms with E-state index in [0.29, 0.717) is 19.0 Å². The van der Waals surface area contributed by atoms with Crippen molar-refractivity contribution in [3.63, 3.8) is 0 Å². The Balaban J connectivity index is 2.32. The molecule has 0 fully saturated rings. The van der Waals surface area contributed by atoms with Crippen molar-refractivity contribution in [2.45, 2.75) is 20.4 Å². The third-order valence-corrected chi connectivity index (χ3v) is 2.71. The number of nitrogens with two attached hydrogens (primary N) is 1. The van der Waals surface area contributed by atoms with E-state index in [-0.39, 0.29) is 5.91 Å². The van der Waals surface area contributed by atoms with Gasteiger partial charge in [0.05, 0.1) is 11.0 Å². The topological polar surface area (TPSA) is 72.9 Å². The second-order valence-corrected chi connectivity index (χ2v) is 4.05. The Bertz CT molecular complexity index is 559. The molecule has 0 aliphatic heterocycles. The van der Waals surface area contributed by atoms with E-state index in [4.69, 9.17) is 5.73 Å². The summed E-state index contributed by atoms with van der Waals surface area (Å²) in [6, 6.07) is 5.92. The van der Waals surface area contributed by atoms with E-state index in [1.165, 1.54) is 6.92 Å².